The molecule has 5 heteroatoms. The highest BCUT2D eigenvalue weighted by molar-refractivity contribution is 7.71. The molecule has 0 aromatic carbocycles. The van der Waals surface area contributed by atoms with Crippen molar-refractivity contribution in [1.29, 1.82) is 0 Å². The van der Waals surface area contributed by atoms with Crippen molar-refractivity contribution in [2.75, 3.05) is 6.54 Å². The van der Waals surface area contributed by atoms with Gasteiger partial charge in [-0.05, 0) is 38.0 Å². The van der Waals surface area contributed by atoms with Crippen molar-refractivity contribution in [1.82, 2.24) is 9.97 Å². The standard InChI is InChI=1S/C10H15N3OS/c11-5-4-7-9-6(12-10(15)13-7)2-1-3-8(9)14/h8,14H,1-5,11H2,(H,12,13,15). The molecule has 0 spiro atoms. The van der Waals surface area contributed by atoms with Gasteiger partial charge in [-0.2, -0.15) is 0 Å². The lowest BCUT2D eigenvalue weighted by molar-refractivity contribution is 0.153. The molecule has 0 amide bonds. The first kappa shape index (κ1) is 10.7. The third-order valence-electron chi connectivity index (χ3n) is 2.75. The summed E-state index contributed by atoms with van der Waals surface area (Å²) >= 11 is 5.05. The van der Waals surface area contributed by atoms with Crippen molar-refractivity contribution in [3.63, 3.8) is 0 Å². The van der Waals surface area contributed by atoms with Crippen LogP contribution < -0.4 is 5.73 Å². The summed E-state index contributed by atoms with van der Waals surface area (Å²) in [5.41, 5.74) is 8.36. The summed E-state index contributed by atoms with van der Waals surface area (Å²) < 4.78 is 0.492. The van der Waals surface area contributed by atoms with Crippen LogP contribution in [0.5, 0.6) is 0 Å². The second kappa shape index (κ2) is 4.38. The summed E-state index contributed by atoms with van der Waals surface area (Å²) in [5.74, 6) is 0. The zero-order valence-corrected chi connectivity index (χ0v) is 9.31. The maximum Gasteiger partial charge on any atom is 0.197 e. The van der Waals surface area contributed by atoms with E-state index in [1.54, 1.807) is 0 Å². The van der Waals surface area contributed by atoms with Gasteiger partial charge in [0, 0.05) is 17.7 Å². The highest BCUT2D eigenvalue weighted by atomic mass is 32.1. The van der Waals surface area contributed by atoms with Crippen molar-refractivity contribution in [3.05, 3.63) is 21.7 Å². The van der Waals surface area contributed by atoms with Crippen LogP contribution in [-0.4, -0.2) is 21.6 Å². The topological polar surface area (TPSA) is 74.9 Å². The quantitative estimate of drug-likeness (QED) is 0.657. The number of fused-ring (bicyclic) bond motifs is 1. The largest absolute Gasteiger partial charge is 0.388 e. The second-order valence-corrected chi connectivity index (χ2v) is 4.21. The van der Waals surface area contributed by atoms with Gasteiger partial charge in [0.05, 0.1) is 11.8 Å². The first-order valence-corrected chi connectivity index (χ1v) is 5.63. The van der Waals surface area contributed by atoms with Gasteiger partial charge in [0.25, 0.3) is 0 Å². The minimum absolute atomic E-state index is 0.408. The number of aryl methyl sites for hydroxylation is 1. The normalized spacial score (nSPS) is 20.0. The van der Waals surface area contributed by atoms with Crippen LogP contribution in [0.1, 0.15) is 35.9 Å². The number of nitrogens with one attached hydrogen (secondary N) is 1. The predicted octanol–water partition coefficient (Wildman–Crippen LogP) is 1.01. The number of hydrogen-bond acceptors (Lipinski definition) is 4. The van der Waals surface area contributed by atoms with Crippen molar-refractivity contribution >= 4 is 12.2 Å². The average molecular weight is 225 g/mol. The first-order chi connectivity index (χ1) is 7.22. The summed E-state index contributed by atoms with van der Waals surface area (Å²) in [7, 11) is 0. The lowest BCUT2D eigenvalue weighted by atomic mass is 9.91. The number of aliphatic hydroxyl groups is 1. The minimum Gasteiger partial charge on any atom is -0.388 e. The highest BCUT2D eigenvalue weighted by Crippen LogP contribution is 2.30. The monoisotopic (exact) mass is 225 g/mol. The van der Waals surface area contributed by atoms with Gasteiger partial charge in [0.15, 0.2) is 4.77 Å². The van der Waals surface area contributed by atoms with Gasteiger partial charge in [0.2, 0.25) is 0 Å². The molecule has 4 nitrogen and oxygen atoms in total. The van der Waals surface area contributed by atoms with E-state index in [0.717, 1.165) is 36.2 Å². The van der Waals surface area contributed by atoms with E-state index >= 15 is 0 Å². The van der Waals surface area contributed by atoms with Gasteiger partial charge in [-0.3, -0.25) is 0 Å². The fourth-order valence-electron chi connectivity index (χ4n) is 2.12. The molecule has 2 rings (SSSR count). The van der Waals surface area contributed by atoms with E-state index in [1.807, 2.05) is 0 Å². The Morgan fingerprint density at radius 1 is 1.60 bits per heavy atom. The van der Waals surface area contributed by atoms with Crippen LogP contribution in [-0.2, 0) is 12.8 Å². The Labute approximate surface area is 93.5 Å². The Hall–Kier alpha value is -0.780. The van der Waals surface area contributed by atoms with Crippen molar-refractivity contribution in [2.24, 2.45) is 5.73 Å². The predicted molar refractivity (Wildman–Crippen MR) is 60.1 cm³/mol. The molecule has 0 saturated heterocycles. The van der Waals surface area contributed by atoms with Gasteiger partial charge in [-0.25, -0.2) is 4.98 Å². The maximum atomic E-state index is 9.92. The van der Waals surface area contributed by atoms with E-state index in [-0.39, 0.29) is 0 Å². The number of nitrogens with two attached hydrogens (primary N) is 1. The third-order valence-corrected chi connectivity index (χ3v) is 2.94. The van der Waals surface area contributed by atoms with E-state index in [4.69, 9.17) is 18.0 Å². The molecular weight excluding hydrogens is 210 g/mol. The summed E-state index contributed by atoms with van der Waals surface area (Å²) in [4.78, 5) is 7.31. The van der Waals surface area contributed by atoms with Crippen molar-refractivity contribution in [2.45, 2.75) is 31.8 Å². The summed E-state index contributed by atoms with van der Waals surface area (Å²) in [5, 5.41) is 9.92. The molecule has 0 bridgehead atoms. The third kappa shape index (κ3) is 2.09. The van der Waals surface area contributed by atoms with Crippen LogP contribution in [0.4, 0.5) is 0 Å². The zero-order chi connectivity index (χ0) is 10.8. The molecular formula is C10H15N3OS. The molecule has 1 atom stereocenters. The van der Waals surface area contributed by atoms with Crippen LogP contribution in [0.3, 0.4) is 0 Å². The van der Waals surface area contributed by atoms with Gasteiger partial charge in [0.1, 0.15) is 0 Å². The molecule has 1 unspecified atom stereocenters. The van der Waals surface area contributed by atoms with E-state index in [2.05, 4.69) is 9.97 Å². The Balaban J connectivity index is 2.53. The van der Waals surface area contributed by atoms with Crippen LogP contribution in [0.15, 0.2) is 0 Å². The molecule has 0 saturated carbocycles. The molecule has 1 aliphatic rings. The number of aliphatic hydroxyl groups excluding tert-OH is 1. The molecule has 0 aliphatic heterocycles. The zero-order valence-electron chi connectivity index (χ0n) is 8.49. The van der Waals surface area contributed by atoms with Gasteiger partial charge in [-0.1, -0.05) is 0 Å². The second-order valence-electron chi connectivity index (χ2n) is 3.83. The summed E-state index contributed by atoms with van der Waals surface area (Å²) in [6.07, 6.45) is 3.01. The van der Waals surface area contributed by atoms with E-state index < -0.39 is 6.10 Å². The lowest BCUT2D eigenvalue weighted by Gasteiger charge is -2.23. The molecule has 1 aliphatic carbocycles. The molecule has 1 heterocycles. The van der Waals surface area contributed by atoms with Crippen molar-refractivity contribution < 1.29 is 5.11 Å². The molecule has 82 valence electrons. The molecule has 15 heavy (non-hydrogen) atoms. The minimum atomic E-state index is -0.408. The average Bonchev–Trinajstić information content (AvgIpc) is 2.17. The number of nitrogens with zero attached hydrogens (tertiary/aromatic N) is 1. The van der Waals surface area contributed by atoms with Crippen molar-refractivity contribution in [3.8, 4) is 0 Å². The maximum absolute atomic E-state index is 9.92. The molecule has 0 radical (unpaired) electrons. The van der Waals surface area contributed by atoms with E-state index in [1.165, 1.54) is 0 Å². The molecule has 1 aromatic heterocycles. The lowest BCUT2D eigenvalue weighted by Crippen LogP contribution is -2.18. The van der Waals surface area contributed by atoms with Gasteiger partial charge in [-0.15, -0.1) is 0 Å². The Morgan fingerprint density at radius 2 is 2.40 bits per heavy atom. The van der Waals surface area contributed by atoms with Crippen LogP contribution >= 0.6 is 12.2 Å². The number of aromatic nitrogens is 2. The van der Waals surface area contributed by atoms with Gasteiger partial charge >= 0.3 is 0 Å². The number of H-pyrrole nitrogens is 1. The van der Waals surface area contributed by atoms with Crippen LogP contribution in [0.25, 0.3) is 0 Å². The Kier molecular flexibility index (Phi) is 3.14. The number of hydrogen-bond donors (Lipinski definition) is 3. The first-order valence-electron chi connectivity index (χ1n) is 5.22. The molecule has 0 fully saturated rings. The fourth-order valence-corrected chi connectivity index (χ4v) is 2.35. The van der Waals surface area contributed by atoms with Crippen LogP contribution in [0, 0.1) is 4.77 Å². The SMILES string of the molecule is NCCc1nc(=S)[nH]c2c1C(O)CCC2. The molecule has 1 aromatic rings. The van der Waals surface area contributed by atoms with Crippen LogP contribution in [0.2, 0.25) is 0 Å². The Bertz CT molecular complexity index is 416. The van der Waals surface area contributed by atoms with Gasteiger partial charge < -0.3 is 15.8 Å². The highest BCUT2D eigenvalue weighted by Gasteiger charge is 2.22. The van der Waals surface area contributed by atoms with E-state index in [9.17, 15) is 5.11 Å². The fraction of sp³-hybridized carbons (Fsp3) is 0.600. The molecule has 4 N–H and O–H groups in total. The summed E-state index contributed by atoms with van der Waals surface area (Å²) in [6, 6.07) is 0. The van der Waals surface area contributed by atoms with E-state index in [0.29, 0.717) is 17.7 Å². The summed E-state index contributed by atoms with van der Waals surface area (Å²) in [6.45, 7) is 0.533. The number of aromatic amines is 1. The Morgan fingerprint density at radius 3 is 3.13 bits per heavy atom. The smallest absolute Gasteiger partial charge is 0.197 e. The number of rotatable bonds is 2.